The maximum Gasteiger partial charge on any atom is 0.0991 e. The zero-order valence-corrected chi connectivity index (χ0v) is 24.9. The molecule has 9 rings (SSSR count). The lowest BCUT2D eigenvalue weighted by atomic mass is 9.97. The molecule has 7 aromatic carbocycles. The van der Waals surface area contributed by atoms with Crippen LogP contribution in [-0.2, 0) is 0 Å². The van der Waals surface area contributed by atoms with E-state index >= 15 is 0 Å². The third kappa shape index (κ3) is 3.98. The quantitative estimate of drug-likeness (QED) is 0.202. The zero-order chi connectivity index (χ0) is 30.6. The summed E-state index contributed by atoms with van der Waals surface area (Å²) in [5.41, 5.74) is 12.0. The number of hydrogen-bond donors (Lipinski definition) is 0. The fourth-order valence-electron chi connectivity index (χ4n) is 7.08. The van der Waals surface area contributed by atoms with E-state index in [0.29, 0.717) is 5.56 Å². The Bertz CT molecular complexity index is 2540. The highest BCUT2D eigenvalue weighted by Crippen LogP contribution is 2.39. The summed E-state index contributed by atoms with van der Waals surface area (Å²) in [6, 6.07) is 60.2. The molecule has 0 atom stereocenters. The maximum absolute atomic E-state index is 9.60. The summed E-state index contributed by atoms with van der Waals surface area (Å²) >= 11 is 0. The first kappa shape index (κ1) is 26.1. The highest BCUT2D eigenvalue weighted by molar-refractivity contribution is 6.10. The minimum absolute atomic E-state index is 0.653. The number of hydrogen-bond acceptors (Lipinski definition) is 1. The molecule has 0 aliphatic heterocycles. The Hall–Kier alpha value is -6.37. The molecule has 0 radical (unpaired) electrons. The second kappa shape index (κ2) is 10.4. The smallest absolute Gasteiger partial charge is 0.0991 e. The maximum atomic E-state index is 9.60. The van der Waals surface area contributed by atoms with E-state index in [1.807, 2.05) is 18.2 Å². The molecule has 0 unspecified atom stereocenters. The number of nitrogens with zero attached hydrogens (tertiary/aromatic N) is 3. The van der Waals surface area contributed by atoms with Crippen molar-refractivity contribution in [2.75, 3.05) is 0 Å². The topological polar surface area (TPSA) is 33.6 Å². The molecule has 214 valence electrons. The summed E-state index contributed by atoms with van der Waals surface area (Å²) in [7, 11) is 0. The number of para-hydroxylation sites is 4. The van der Waals surface area contributed by atoms with Gasteiger partial charge in [0.05, 0.1) is 39.4 Å². The van der Waals surface area contributed by atoms with Gasteiger partial charge in [-0.25, -0.2) is 0 Å². The van der Waals surface area contributed by atoms with Crippen LogP contribution >= 0.6 is 0 Å². The molecule has 46 heavy (non-hydrogen) atoms. The molecule has 0 saturated heterocycles. The molecule has 0 amide bonds. The Kier molecular flexibility index (Phi) is 5.88. The van der Waals surface area contributed by atoms with E-state index < -0.39 is 0 Å². The Labute approximate surface area is 266 Å². The fourth-order valence-corrected chi connectivity index (χ4v) is 7.08. The second-order valence-electron chi connectivity index (χ2n) is 11.7. The minimum atomic E-state index is 0.653. The molecule has 0 saturated carbocycles. The Morgan fingerprint density at radius 3 is 1.41 bits per heavy atom. The zero-order valence-electron chi connectivity index (χ0n) is 24.9. The minimum Gasteiger partial charge on any atom is -0.309 e. The lowest BCUT2D eigenvalue weighted by molar-refractivity contribution is 1.17. The van der Waals surface area contributed by atoms with Crippen LogP contribution in [0.4, 0.5) is 0 Å². The predicted octanol–water partition coefficient (Wildman–Crippen LogP) is 11.1. The number of benzene rings is 7. The van der Waals surface area contributed by atoms with Gasteiger partial charge in [0.2, 0.25) is 0 Å². The molecule has 0 bridgehead atoms. The highest BCUT2D eigenvalue weighted by Gasteiger charge is 2.17. The second-order valence-corrected chi connectivity index (χ2v) is 11.7. The van der Waals surface area contributed by atoms with Crippen LogP contribution in [-0.4, -0.2) is 9.13 Å². The van der Waals surface area contributed by atoms with Crippen molar-refractivity contribution in [3.63, 3.8) is 0 Å². The van der Waals surface area contributed by atoms with Crippen molar-refractivity contribution in [2.24, 2.45) is 0 Å². The molecule has 2 aromatic heterocycles. The molecular formula is C43H27N3. The molecule has 0 aliphatic carbocycles. The van der Waals surface area contributed by atoms with Gasteiger partial charge in [-0.3, -0.25) is 0 Å². The fraction of sp³-hybridized carbons (Fsp3) is 0. The Balaban J connectivity index is 1.27. The van der Waals surface area contributed by atoms with Gasteiger partial charge in [-0.2, -0.15) is 5.26 Å². The Morgan fingerprint density at radius 1 is 0.391 bits per heavy atom. The molecular weight excluding hydrogens is 558 g/mol. The summed E-state index contributed by atoms with van der Waals surface area (Å²) in [5.74, 6) is 0. The number of fused-ring (bicyclic) bond motifs is 6. The van der Waals surface area contributed by atoms with Crippen LogP contribution in [0.5, 0.6) is 0 Å². The van der Waals surface area contributed by atoms with Crippen LogP contribution in [0.2, 0.25) is 0 Å². The molecule has 3 heteroatoms. The average molecular weight is 586 g/mol. The molecule has 0 fully saturated rings. The first-order chi connectivity index (χ1) is 22.8. The van der Waals surface area contributed by atoms with Gasteiger partial charge < -0.3 is 9.13 Å². The first-order valence-electron chi connectivity index (χ1n) is 15.5. The van der Waals surface area contributed by atoms with Gasteiger partial charge in [0, 0.05) is 32.8 Å². The van der Waals surface area contributed by atoms with Crippen LogP contribution in [0.15, 0.2) is 164 Å². The van der Waals surface area contributed by atoms with E-state index in [2.05, 4.69) is 161 Å². The van der Waals surface area contributed by atoms with Gasteiger partial charge in [0.25, 0.3) is 0 Å². The van der Waals surface area contributed by atoms with Crippen LogP contribution in [0.25, 0.3) is 77.2 Å². The van der Waals surface area contributed by atoms with Gasteiger partial charge in [0.15, 0.2) is 0 Å². The number of rotatable bonds is 4. The molecule has 3 nitrogen and oxygen atoms in total. The van der Waals surface area contributed by atoms with Crippen molar-refractivity contribution >= 4 is 43.6 Å². The third-order valence-corrected chi connectivity index (χ3v) is 9.16. The largest absolute Gasteiger partial charge is 0.309 e. The number of aromatic nitrogens is 2. The number of nitriles is 1. The van der Waals surface area contributed by atoms with E-state index in [-0.39, 0.29) is 0 Å². The van der Waals surface area contributed by atoms with Gasteiger partial charge in [-0.15, -0.1) is 0 Å². The normalized spacial score (nSPS) is 11.5. The molecule has 0 aliphatic rings. The van der Waals surface area contributed by atoms with E-state index in [1.165, 1.54) is 32.6 Å². The van der Waals surface area contributed by atoms with E-state index in [4.69, 9.17) is 0 Å². The highest BCUT2D eigenvalue weighted by atomic mass is 15.0. The van der Waals surface area contributed by atoms with Crippen LogP contribution in [0.1, 0.15) is 5.56 Å². The standard InChI is InChI=1S/C43H27N3/c44-28-29-10-9-11-31(26-29)32-22-25-34(43(27-32)46-41-18-7-3-14-37(41)38-15-4-8-19-42(38)46)30-20-23-33(24-21-30)45-39-16-5-1-12-35(39)36-13-2-6-17-40(36)45/h1-27H. The average Bonchev–Trinajstić information content (AvgIpc) is 3.65. The van der Waals surface area contributed by atoms with Gasteiger partial charge in [0.1, 0.15) is 0 Å². The third-order valence-electron chi connectivity index (χ3n) is 9.16. The van der Waals surface area contributed by atoms with Crippen molar-refractivity contribution < 1.29 is 0 Å². The summed E-state index contributed by atoms with van der Waals surface area (Å²) in [6.07, 6.45) is 0. The van der Waals surface area contributed by atoms with Crippen LogP contribution in [0, 0.1) is 11.3 Å². The van der Waals surface area contributed by atoms with Crippen molar-refractivity contribution in [1.29, 1.82) is 5.26 Å². The Morgan fingerprint density at radius 2 is 0.870 bits per heavy atom. The van der Waals surface area contributed by atoms with Crippen molar-refractivity contribution in [2.45, 2.75) is 0 Å². The first-order valence-corrected chi connectivity index (χ1v) is 15.5. The SMILES string of the molecule is N#Cc1cccc(-c2ccc(-c3ccc(-n4c5ccccc5c5ccccc54)cc3)c(-n3c4ccccc4c4ccccc43)c2)c1. The van der Waals surface area contributed by atoms with E-state index in [1.54, 1.807) is 0 Å². The monoisotopic (exact) mass is 585 g/mol. The van der Waals surface area contributed by atoms with Crippen LogP contribution in [0.3, 0.4) is 0 Å². The van der Waals surface area contributed by atoms with Gasteiger partial charge >= 0.3 is 0 Å². The molecule has 2 heterocycles. The molecule has 9 aromatic rings. The van der Waals surface area contributed by atoms with E-state index in [0.717, 1.165) is 44.7 Å². The summed E-state index contributed by atoms with van der Waals surface area (Å²) in [6.45, 7) is 0. The van der Waals surface area contributed by atoms with Gasteiger partial charge in [-0.1, -0.05) is 109 Å². The van der Waals surface area contributed by atoms with Crippen molar-refractivity contribution in [3.05, 3.63) is 169 Å². The van der Waals surface area contributed by atoms with Gasteiger partial charge in [-0.05, 0) is 71.3 Å². The summed E-state index contributed by atoms with van der Waals surface area (Å²) < 4.78 is 4.74. The molecule has 0 spiro atoms. The van der Waals surface area contributed by atoms with Crippen molar-refractivity contribution in [1.82, 2.24) is 9.13 Å². The van der Waals surface area contributed by atoms with E-state index in [9.17, 15) is 5.26 Å². The predicted molar refractivity (Wildman–Crippen MR) is 191 cm³/mol. The van der Waals surface area contributed by atoms with Crippen molar-refractivity contribution in [3.8, 4) is 39.7 Å². The summed E-state index contributed by atoms with van der Waals surface area (Å²) in [4.78, 5) is 0. The molecule has 0 N–H and O–H groups in total. The lowest BCUT2D eigenvalue weighted by Gasteiger charge is -2.17. The lowest BCUT2D eigenvalue weighted by Crippen LogP contribution is -1.99. The van der Waals surface area contributed by atoms with Crippen LogP contribution < -0.4 is 0 Å². The summed E-state index contributed by atoms with van der Waals surface area (Å²) in [5, 5.41) is 14.6.